The van der Waals surface area contributed by atoms with Crippen LogP contribution in [0.5, 0.6) is 0 Å². The Hall–Kier alpha value is -0.385. The molecule has 0 radical (unpaired) electrons. The molecule has 0 aromatic carbocycles. The van der Waals surface area contributed by atoms with Gasteiger partial charge in [-0.15, -0.1) is 0 Å². The van der Waals surface area contributed by atoms with Crippen molar-refractivity contribution in [2.75, 3.05) is 26.9 Å². The molecule has 0 aliphatic carbocycles. The molecule has 5 heteroatoms. The Balaban J connectivity index is 2.01. The number of aliphatic imine (C=N–C) groups is 1. The largest absolute Gasteiger partial charge is 0.639 e. The van der Waals surface area contributed by atoms with E-state index in [1.54, 1.807) is 13.3 Å². The number of hydrogen-bond acceptors (Lipinski definition) is 4. The summed E-state index contributed by atoms with van der Waals surface area (Å²) >= 11 is 0. The summed E-state index contributed by atoms with van der Waals surface area (Å²) in [5.41, 5.74) is 0. The van der Waals surface area contributed by atoms with Crippen molar-refractivity contribution in [1.82, 2.24) is 0 Å². The third-order valence-electron chi connectivity index (χ3n) is 1.08. The van der Waals surface area contributed by atoms with Crippen molar-refractivity contribution in [3.63, 3.8) is 0 Å². The first-order valence-electron chi connectivity index (χ1n) is 3.19. The van der Waals surface area contributed by atoms with Gasteiger partial charge in [-0.3, -0.25) is 4.99 Å². The quantitative estimate of drug-likeness (QED) is 0.403. The Morgan fingerprint density at radius 3 is 2.90 bits per heavy atom. The average molecular weight is 143 g/mol. The molecular weight excluding hydrogens is 133 g/mol. The lowest BCUT2D eigenvalue weighted by Crippen LogP contribution is -2.20. The second-order valence-corrected chi connectivity index (χ2v) is 1.80. The molecule has 0 aromatic heterocycles. The summed E-state index contributed by atoms with van der Waals surface area (Å²) in [5.74, 6) is 0. The molecule has 1 saturated heterocycles. The van der Waals surface area contributed by atoms with Gasteiger partial charge in [-0.1, -0.05) is 0 Å². The summed E-state index contributed by atoms with van der Waals surface area (Å²) in [4.78, 5) is 3.74. The highest BCUT2D eigenvalue weighted by atomic mass is 16.8. The van der Waals surface area contributed by atoms with Gasteiger partial charge >= 0.3 is 7.32 Å². The van der Waals surface area contributed by atoms with Crippen LogP contribution in [0.25, 0.3) is 0 Å². The summed E-state index contributed by atoms with van der Waals surface area (Å²) < 4.78 is 15.0. The van der Waals surface area contributed by atoms with E-state index in [-0.39, 0.29) is 0 Å². The van der Waals surface area contributed by atoms with E-state index >= 15 is 0 Å². The predicted octanol–water partition coefficient (Wildman–Crippen LogP) is -0.265. The zero-order valence-electron chi connectivity index (χ0n) is 5.95. The van der Waals surface area contributed by atoms with Crippen LogP contribution in [0.15, 0.2) is 4.99 Å². The molecule has 0 atom stereocenters. The van der Waals surface area contributed by atoms with Gasteiger partial charge in [-0.05, 0) is 0 Å². The van der Waals surface area contributed by atoms with Gasteiger partial charge < -0.3 is 14.0 Å². The minimum absolute atomic E-state index is 0.446. The fourth-order valence-electron chi connectivity index (χ4n) is 0.629. The second-order valence-electron chi connectivity index (χ2n) is 1.80. The maximum absolute atomic E-state index is 5.05. The normalized spacial score (nSPS) is 19.1. The van der Waals surface area contributed by atoms with Crippen LogP contribution in [-0.4, -0.2) is 40.4 Å². The third-order valence-corrected chi connectivity index (χ3v) is 1.08. The highest BCUT2D eigenvalue weighted by Crippen LogP contribution is 1.98. The molecule has 4 nitrogen and oxygen atoms in total. The highest BCUT2D eigenvalue weighted by molar-refractivity contribution is 6.37. The van der Waals surface area contributed by atoms with Crippen molar-refractivity contribution >= 4 is 13.5 Å². The van der Waals surface area contributed by atoms with E-state index in [1.807, 2.05) is 0 Å². The van der Waals surface area contributed by atoms with Crippen molar-refractivity contribution in [3.05, 3.63) is 0 Å². The van der Waals surface area contributed by atoms with Crippen LogP contribution in [0.2, 0.25) is 0 Å². The van der Waals surface area contributed by atoms with E-state index in [0.29, 0.717) is 19.8 Å². The molecule has 1 fully saturated rings. The van der Waals surface area contributed by atoms with E-state index in [2.05, 4.69) is 4.99 Å². The Morgan fingerprint density at radius 2 is 2.30 bits per heavy atom. The number of rotatable bonds is 3. The summed E-state index contributed by atoms with van der Waals surface area (Å²) in [6, 6.07) is 0. The van der Waals surface area contributed by atoms with Gasteiger partial charge in [0.1, 0.15) is 0 Å². The van der Waals surface area contributed by atoms with Crippen LogP contribution >= 0.6 is 0 Å². The molecule has 10 heavy (non-hydrogen) atoms. The van der Waals surface area contributed by atoms with E-state index in [1.165, 1.54) is 0 Å². The maximum atomic E-state index is 5.05. The lowest BCUT2D eigenvalue weighted by Gasteiger charge is -2.00. The molecule has 1 aliphatic rings. The topological polar surface area (TPSA) is 40.0 Å². The summed E-state index contributed by atoms with van der Waals surface area (Å²) in [6.07, 6.45) is 1.66. The van der Waals surface area contributed by atoms with Crippen LogP contribution in [0.1, 0.15) is 0 Å². The fraction of sp³-hybridized carbons (Fsp3) is 0.800. The standard InChI is InChI=1S/C5H10BNO3/c1-7-2-3-8-6-9-4-5-10-6/h2H,3-5H2,1H3/b7-2-. The van der Waals surface area contributed by atoms with Gasteiger partial charge in [0.05, 0.1) is 19.8 Å². The van der Waals surface area contributed by atoms with Gasteiger partial charge in [0.25, 0.3) is 0 Å². The molecule has 0 spiro atoms. The first kappa shape index (κ1) is 7.72. The summed E-state index contributed by atoms with van der Waals surface area (Å²) in [6.45, 7) is 1.68. The summed E-state index contributed by atoms with van der Waals surface area (Å²) in [7, 11) is 1.22. The molecule has 1 rings (SSSR count). The van der Waals surface area contributed by atoms with E-state index in [0.717, 1.165) is 0 Å². The number of nitrogens with zero attached hydrogens (tertiary/aromatic N) is 1. The molecule has 1 aliphatic heterocycles. The lowest BCUT2D eigenvalue weighted by atomic mass is 10.2. The van der Waals surface area contributed by atoms with Crippen LogP contribution in [0.4, 0.5) is 0 Å². The molecule has 0 saturated carbocycles. The van der Waals surface area contributed by atoms with Crippen molar-refractivity contribution in [2.24, 2.45) is 4.99 Å². The van der Waals surface area contributed by atoms with Crippen LogP contribution in [-0.2, 0) is 14.0 Å². The van der Waals surface area contributed by atoms with Gasteiger partial charge in [0.15, 0.2) is 0 Å². The van der Waals surface area contributed by atoms with Gasteiger partial charge in [0, 0.05) is 13.3 Å². The van der Waals surface area contributed by atoms with Crippen LogP contribution in [0.3, 0.4) is 0 Å². The van der Waals surface area contributed by atoms with Crippen molar-refractivity contribution in [3.8, 4) is 0 Å². The molecule has 0 amide bonds. The molecule has 0 unspecified atom stereocenters. The molecule has 0 N–H and O–H groups in total. The monoisotopic (exact) mass is 143 g/mol. The van der Waals surface area contributed by atoms with E-state index < -0.39 is 7.32 Å². The van der Waals surface area contributed by atoms with E-state index in [4.69, 9.17) is 14.0 Å². The van der Waals surface area contributed by atoms with Crippen LogP contribution in [0, 0.1) is 0 Å². The minimum Gasteiger partial charge on any atom is -0.384 e. The Morgan fingerprint density at radius 1 is 1.60 bits per heavy atom. The second kappa shape index (κ2) is 4.43. The Kier molecular flexibility index (Phi) is 3.42. The van der Waals surface area contributed by atoms with Gasteiger partial charge in [0.2, 0.25) is 0 Å². The van der Waals surface area contributed by atoms with Crippen LogP contribution < -0.4 is 0 Å². The van der Waals surface area contributed by atoms with E-state index in [9.17, 15) is 0 Å². The molecule has 56 valence electrons. The average Bonchev–Trinajstić information content (AvgIpc) is 2.41. The van der Waals surface area contributed by atoms with Gasteiger partial charge in [-0.25, -0.2) is 0 Å². The summed E-state index contributed by atoms with van der Waals surface area (Å²) in [5, 5.41) is 0. The molecule has 0 aromatic rings. The minimum atomic E-state index is -0.474. The zero-order chi connectivity index (χ0) is 7.23. The highest BCUT2D eigenvalue weighted by Gasteiger charge is 2.25. The predicted molar refractivity (Wildman–Crippen MR) is 38.0 cm³/mol. The first-order valence-corrected chi connectivity index (χ1v) is 3.19. The zero-order valence-corrected chi connectivity index (χ0v) is 5.95. The Bertz CT molecular complexity index is 113. The molecule has 1 heterocycles. The lowest BCUT2D eigenvalue weighted by molar-refractivity contribution is 0.205. The SMILES string of the molecule is C/N=C\COB1OCCO1. The first-order chi connectivity index (χ1) is 4.93. The third kappa shape index (κ3) is 2.47. The van der Waals surface area contributed by atoms with Crippen molar-refractivity contribution in [2.45, 2.75) is 0 Å². The maximum Gasteiger partial charge on any atom is 0.639 e. The smallest absolute Gasteiger partial charge is 0.384 e. The van der Waals surface area contributed by atoms with Crippen molar-refractivity contribution in [1.29, 1.82) is 0 Å². The van der Waals surface area contributed by atoms with Gasteiger partial charge in [-0.2, -0.15) is 0 Å². The molecule has 0 bridgehead atoms. The fourth-order valence-corrected chi connectivity index (χ4v) is 0.629. The Labute approximate surface area is 60.4 Å². The van der Waals surface area contributed by atoms with Crippen molar-refractivity contribution < 1.29 is 14.0 Å². The number of hydrogen-bond donors (Lipinski definition) is 0. The molecular formula is C5H10BNO3.